The van der Waals surface area contributed by atoms with Crippen molar-refractivity contribution in [2.45, 2.75) is 20.3 Å². The Morgan fingerprint density at radius 1 is 1.44 bits per heavy atom. The third-order valence-electron chi connectivity index (χ3n) is 0.498. The van der Waals surface area contributed by atoms with Crippen LogP contribution >= 0.6 is 0 Å². The number of carbonyl (C=O) groups excluding carboxylic acids is 1. The van der Waals surface area contributed by atoms with Gasteiger partial charge in [-0.05, 0) is 6.92 Å². The van der Waals surface area contributed by atoms with Crippen LogP contribution < -0.4 is 0 Å². The molecule has 5 heteroatoms. The molecular weight excluding hydrogens is 123 g/mol. The van der Waals surface area contributed by atoms with Crippen molar-refractivity contribution in [3.63, 3.8) is 0 Å². The lowest BCUT2D eigenvalue weighted by Crippen LogP contribution is -2.07. The highest BCUT2D eigenvalue weighted by atomic mass is 16.5. The molecule has 4 nitrogen and oxygen atoms in total. The van der Waals surface area contributed by atoms with Crippen molar-refractivity contribution in [1.82, 2.24) is 0 Å². The highest BCUT2D eigenvalue weighted by molar-refractivity contribution is 6.30. The van der Waals surface area contributed by atoms with E-state index in [1.165, 1.54) is 0 Å². The minimum atomic E-state index is -2.17. The van der Waals surface area contributed by atoms with Gasteiger partial charge in [0.1, 0.15) is 5.78 Å². The second-order valence-corrected chi connectivity index (χ2v) is 1.40. The standard InChI is InChI=1S/C4H8O.BH3O3/c1-3-4(2)5;2-1(3)4/h3H2,1-2H3;2-4H. The third-order valence-corrected chi connectivity index (χ3v) is 0.498. The molecule has 0 aliphatic rings. The molecule has 0 atom stereocenters. The molecule has 0 aliphatic carbocycles. The highest BCUT2D eigenvalue weighted by Gasteiger charge is 1.92. The molecule has 0 fully saturated rings. The first-order valence-corrected chi connectivity index (χ1v) is 2.54. The van der Waals surface area contributed by atoms with E-state index in [0.29, 0.717) is 6.42 Å². The van der Waals surface area contributed by atoms with E-state index in [9.17, 15) is 4.79 Å². The first-order chi connectivity index (χ1) is 4.00. The van der Waals surface area contributed by atoms with Gasteiger partial charge in [-0.1, -0.05) is 6.92 Å². The molecule has 0 rings (SSSR count). The number of Topliss-reactive ketones (excluding diaryl/α,β-unsaturated/α-hetero) is 1. The van der Waals surface area contributed by atoms with Crippen LogP contribution in [0, 0.1) is 0 Å². The molecule has 0 saturated heterocycles. The van der Waals surface area contributed by atoms with Gasteiger partial charge in [-0.3, -0.25) is 0 Å². The maximum Gasteiger partial charge on any atom is 0.631 e. The van der Waals surface area contributed by atoms with Crippen molar-refractivity contribution >= 4 is 13.1 Å². The summed E-state index contributed by atoms with van der Waals surface area (Å²) in [7, 11) is -2.17. The summed E-state index contributed by atoms with van der Waals surface area (Å²) in [4.78, 5) is 9.81. The van der Waals surface area contributed by atoms with Crippen LogP contribution in [0.15, 0.2) is 0 Å². The summed E-state index contributed by atoms with van der Waals surface area (Å²) < 4.78 is 0. The molecule has 0 heterocycles. The third kappa shape index (κ3) is 92.1. The lowest BCUT2D eigenvalue weighted by atomic mass is 10.3. The van der Waals surface area contributed by atoms with Crippen molar-refractivity contribution < 1.29 is 19.9 Å². The van der Waals surface area contributed by atoms with Crippen LogP contribution in [0.5, 0.6) is 0 Å². The average Bonchev–Trinajstić information content (AvgIpc) is 1.65. The van der Waals surface area contributed by atoms with E-state index in [-0.39, 0.29) is 5.78 Å². The van der Waals surface area contributed by atoms with E-state index < -0.39 is 7.32 Å². The summed E-state index contributed by atoms with van der Waals surface area (Å²) in [5.74, 6) is 0.255. The van der Waals surface area contributed by atoms with Crippen LogP contribution in [0.25, 0.3) is 0 Å². The van der Waals surface area contributed by atoms with E-state index in [0.717, 1.165) is 0 Å². The van der Waals surface area contributed by atoms with Crippen LogP contribution in [0.3, 0.4) is 0 Å². The Labute approximate surface area is 54.3 Å². The fraction of sp³-hybridized carbons (Fsp3) is 0.750. The number of hydrogen-bond acceptors (Lipinski definition) is 4. The predicted octanol–water partition coefficient (Wildman–Crippen LogP) is -1.07. The topological polar surface area (TPSA) is 77.8 Å². The summed E-state index contributed by atoms with van der Waals surface area (Å²) in [6.07, 6.45) is 0.667. The fourth-order valence-corrected chi connectivity index (χ4v) is 0. The first-order valence-electron chi connectivity index (χ1n) is 2.54. The molecule has 0 unspecified atom stereocenters. The summed E-state index contributed by atoms with van der Waals surface area (Å²) in [5.41, 5.74) is 0. The van der Waals surface area contributed by atoms with Gasteiger partial charge in [0.05, 0.1) is 0 Å². The van der Waals surface area contributed by atoms with E-state index in [2.05, 4.69) is 0 Å². The van der Waals surface area contributed by atoms with Gasteiger partial charge in [-0.15, -0.1) is 0 Å². The Kier molecular flexibility index (Phi) is 9.66. The minimum absolute atomic E-state index is 0.255. The Balaban J connectivity index is 0. The van der Waals surface area contributed by atoms with Crippen LogP contribution in [0.2, 0.25) is 0 Å². The Morgan fingerprint density at radius 3 is 1.56 bits per heavy atom. The summed E-state index contributed by atoms with van der Waals surface area (Å²) in [6, 6.07) is 0. The number of rotatable bonds is 1. The SMILES string of the molecule is CCC(C)=O.OB(O)O. The molecule has 3 N–H and O–H groups in total. The zero-order valence-electron chi connectivity index (χ0n) is 5.53. The second kappa shape index (κ2) is 7.61. The summed E-state index contributed by atoms with van der Waals surface area (Å²) in [5, 5.41) is 21.5. The van der Waals surface area contributed by atoms with Crippen molar-refractivity contribution in [2.75, 3.05) is 0 Å². The average molecular weight is 134 g/mol. The zero-order chi connectivity index (χ0) is 7.86. The summed E-state index contributed by atoms with van der Waals surface area (Å²) in [6.45, 7) is 3.43. The van der Waals surface area contributed by atoms with Crippen molar-refractivity contribution in [2.24, 2.45) is 0 Å². The number of carbonyl (C=O) groups is 1. The number of ketones is 1. The maximum absolute atomic E-state index is 9.81. The molecule has 0 aromatic carbocycles. The van der Waals surface area contributed by atoms with Gasteiger partial charge >= 0.3 is 7.32 Å². The first kappa shape index (κ1) is 11.4. The van der Waals surface area contributed by atoms with Crippen LogP contribution in [-0.4, -0.2) is 28.2 Å². The molecule has 0 aromatic rings. The summed E-state index contributed by atoms with van der Waals surface area (Å²) >= 11 is 0. The molecular formula is C4H11BO4. The minimum Gasteiger partial charge on any atom is -0.402 e. The fourth-order valence-electron chi connectivity index (χ4n) is 0. The van der Waals surface area contributed by atoms with Crippen LogP contribution in [0.4, 0.5) is 0 Å². The van der Waals surface area contributed by atoms with Crippen molar-refractivity contribution in [1.29, 1.82) is 0 Å². The van der Waals surface area contributed by atoms with Crippen LogP contribution in [0.1, 0.15) is 20.3 Å². The van der Waals surface area contributed by atoms with E-state index >= 15 is 0 Å². The Morgan fingerprint density at radius 2 is 1.56 bits per heavy atom. The van der Waals surface area contributed by atoms with Gasteiger partial charge in [0.2, 0.25) is 0 Å². The molecule has 0 spiro atoms. The highest BCUT2D eigenvalue weighted by Crippen LogP contribution is 1.71. The molecule has 0 aromatic heterocycles. The molecule has 0 bridgehead atoms. The largest absolute Gasteiger partial charge is 0.631 e. The molecule has 54 valence electrons. The molecule has 0 amide bonds. The zero-order valence-corrected chi connectivity index (χ0v) is 5.53. The van der Waals surface area contributed by atoms with Crippen molar-refractivity contribution in [3.8, 4) is 0 Å². The lowest BCUT2D eigenvalue weighted by molar-refractivity contribution is -0.116. The van der Waals surface area contributed by atoms with Gasteiger partial charge in [0, 0.05) is 6.42 Å². The van der Waals surface area contributed by atoms with Crippen LogP contribution in [-0.2, 0) is 4.79 Å². The van der Waals surface area contributed by atoms with E-state index in [4.69, 9.17) is 15.1 Å². The van der Waals surface area contributed by atoms with Gasteiger partial charge in [-0.25, -0.2) is 0 Å². The van der Waals surface area contributed by atoms with Gasteiger partial charge < -0.3 is 19.9 Å². The normalized spacial score (nSPS) is 7.22. The van der Waals surface area contributed by atoms with Crippen molar-refractivity contribution in [3.05, 3.63) is 0 Å². The quantitative estimate of drug-likeness (QED) is 0.399. The lowest BCUT2D eigenvalue weighted by Gasteiger charge is -1.71. The molecule has 9 heavy (non-hydrogen) atoms. The number of hydrogen-bond donors (Lipinski definition) is 3. The Bertz CT molecular complexity index is 70.2. The predicted molar refractivity (Wildman–Crippen MR) is 33.4 cm³/mol. The Hall–Kier alpha value is -0.385. The molecule has 0 radical (unpaired) electrons. The van der Waals surface area contributed by atoms with Gasteiger partial charge in [0.25, 0.3) is 0 Å². The molecule has 0 saturated carbocycles. The molecule has 0 aliphatic heterocycles. The van der Waals surface area contributed by atoms with E-state index in [1.54, 1.807) is 6.92 Å². The monoisotopic (exact) mass is 134 g/mol. The second-order valence-electron chi connectivity index (χ2n) is 1.40. The van der Waals surface area contributed by atoms with Gasteiger partial charge in [-0.2, -0.15) is 0 Å². The van der Waals surface area contributed by atoms with Gasteiger partial charge in [0.15, 0.2) is 0 Å². The van der Waals surface area contributed by atoms with E-state index in [1.807, 2.05) is 6.92 Å². The smallest absolute Gasteiger partial charge is 0.402 e. The maximum atomic E-state index is 9.81.